The van der Waals surface area contributed by atoms with E-state index in [2.05, 4.69) is 5.32 Å². The number of piperidine rings is 1. The van der Waals surface area contributed by atoms with Crippen molar-refractivity contribution in [3.8, 4) is 0 Å². The Morgan fingerprint density at radius 3 is 2.38 bits per heavy atom. The van der Waals surface area contributed by atoms with Crippen molar-refractivity contribution in [2.45, 2.75) is 30.7 Å². The van der Waals surface area contributed by atoms with Crippen molar-refractivity contribution in [1.82, 2.24) is 9.62 Å². The molecule has 2 aromatic rings. The predicted octanol–water partition coefficient (Wildman–Crippen LogP) is 2.84. The Bertz CT molecular complexity index is 1020. The van der Waals surface area contributed by atoms with Gasteiger partial charge in [-0.25, -0.2) is 12.8 Å². The molecular formula is C19H20FN3O5S. The fourth-order valence-electron chi connectivity index (χ4n) is 3.11. The summed E-state index contributed by atoms with van der Waals surface area (Å²) >= 11 is 0. The van der Waals surface area contributed by atoms with E-state index in [4.69, 9.17) is 0 Å². The summed E-state index contributed by atoms with van der Waals surface area (Å²) in [6.07, 6.45) is 2.37. The first-order chi connectivity index (χ1) is 13.8. The third-order valence-corrected chi connectivity index (χ3v) is 6.64. The predicted molar refractivity (Wildman–Crippen MR) is 103 cm³/mol. The molecule has 0 bridgehead atoms. The summed E-state index contributed by atoms with van der Waals surface area (Å²) < 4.78 is 41.0. The first kappa shape index (κ1) is 20.9. The second kappa shape index (κ2) is 8.66. The lowest BCUT2D eigenvalue weighted by Crippen LogP contribution is -2.36. The Morgan fingerprint density at radius 2 is 1.76 bits per heavy atom. The Balaban J connectivity index is 1.74. The highest BCUT2D eigenvalue weighted by Crippen LogP contribution is 2.24. The number of non-ortho nitro benzene ring substituents is 1. The van der Waals surface area contributed by atoms with E-state index in [0.29, 0.717) is 18.7 Å². The van der Waals surface area contributed by atoms with Crippen LogP contribution in [0.15, 0.2) is 47.4 Å². The summed E-state index contributed by atoms with van der Waals surface area (Å²) in [4.78, 5) is 22.0. The maximum Gasteiger partial charge on any atom is 0.269 e. The number of nitrogens with one attached hydrogen (secondary N) is 1. The van der Waals surface area contributed by atoms with Crippen LogP contribution < -0.4 is 5.32 Å². The summed E-state index contributed by atoms with van der Waals surface area (Å²) in [5.74, 6) is -1.47. The van der Waals surface area contributed by atoms with Crippen molar-refractivity contribution in [3.63, 3.8) is 0 Å². The number of rotatable bonds is 6. The van der Waals surface area contributed by atoms with Gasteiger partial charge in [-0.1, -0.05) is 18.6 Å². The Labute approximate surface area is 167 Å². The highest BCUT2D eigenvalue weighted by Gasteiger charge is 2.29. The number of hydrogen-bond acceptors (Lipinski definition) is 5. The van der Waals surface area contributed by atoms with Crippen LogP contribution in [-0.2, 0) is 16.6 Å². The molecule has 0 unspecified atom stereocenters. The first-order valence-corrected chi connectivity index (χ1v) is 10.5. The van der Waals surface area contributed by atoms with Gasteiger partial charge in [0.15, 0.2) is 0 Å². The second-order valence-corrected chi connectivity index (χ2v) is 8.62. The van der Waals surface area contributed by atoms with E-state index in [1.165, 1.54) is 34.6 Å². The van der Waals surface area contributed by atoms with E-state index < -0.39 is 31.6 Å². The number of nitro benzene ring substituents is 1. The molecule has 2 aromatic carbocycles. The maximum atomic E-state index is 14.2. The third-order valence-electron chi connectivity index (χ3n) is 4.73. The van der Waals surface area contributed by atoms with Crippen molar-refractivity contribution in [2.75, 3.05) is 13.1 Å². The largest absolute Gasteiger partial charge is 0.348 e. The lowest BCUT2D eigenvalue weighted by Gasteiger charge is -2.26. The SMILES string of the molecule is O=C(NCc1ccc([N+](=O)[O-])cc1)c1ccc(F)c(S(=O)(=O)N2CCCCC2)c1. The van der Waals surface area contributed by atoms with Gasteiger partial charge in [0.2, 0.25) is 10.0 Å². The summed E-state index contributed by atoms with van der Waals surface area (Å²) in [5.41, 5.74) is 0.585. The number of halogens is 1. The molecule has 1 saturated heterocycles. The number of nitro groups is 1. The van der Waals surface area contributed by atoms with E-state index in [-0.39, 0.29) is 17.8 Å². The molecule has 1 N–H and O–H groups in total. The molecule has 1 amide bonds. The number of benzene rings is 2. The fraction of sp³-hybridized carbons (Fsp3) is 0.316. The van der Waals surface area contributed by atoms with Crippen LogP contribution in [0.2, 0.25) is 0 Å². The zero-order chi connectivity index (χ0) is 21.0. The van der Waals surface area contributed by atoms with Gasteiger partial charge in [0, 0.05) is 37.3 Å². The normalized spacial score (nSPS) is 15.1. The minimum atomic E-state index is -4.01. The van der Waals surface area contributed by atoms with Gasteiger partial charge in [-0.2, -0.15) is 4.31 Å². The van der Waals surface area contributed by atoms with Crippen molar-refractivity contribution in [1.29, 1.82) is 0 Å². The van der Waals surface area contributed by atoms with Gasteiger partial charge in [-0.15, -0.1) is 0 Å². The number of sulfonamides is 1. The molecule has 3 rings (SSSR count). The van der Waals surface area contributed by atoms with Gasteiger partial charge < -0.3 is 5.32 Å². The average Bonchev–Trinajstić information content (AvgIpc) is 2.73. The van der Waals surface area contributed by atoms with E-state index in [9.17, 15) is 27.7 Å². The molecule has 0 saturated carbocycles. The van der Waals surface area contributed by atoms with E-state index in [1.54, 1.807) is 0 Å². The Kier molecular flexibility index (Phi) is 6.23. The molecule has 10 heteroatoms. The van der Waals surface area contributed by atoms with Crippen molar-refractivity contribution in [2.24, 2.45) is 0 Å². The van der Waals surface area contributed by atoms with Gasteiger partial charge in [0.05, 0.1) is 4.92 Å². The molecule has 154 valence electrons. The number of hydrogen-bond donors (Lipinski definition) is 1. The number of amides is 1. The number of carbonyl (C=O) groups excluding carboxylic acids is 1. The molecule has 8 nitrogen and oxygen atoms in total. The van der Waals surface area contributed by atoms with Gasteiger partial charge in [-0.05, 0) is 36.6 Å². The quantitative estimate of drug-likeness (QED) is 0.570. The Morgan fingerprint density at radius 1 is 1.10 bits per heavy atom. The van der Waals surface area contributed by atoms with Gasteiger partial charge >= 0.3 is 0 Å². The van der Waals surface area contributed by atoms with Gasteiger partial charge in [0.1, 0.15) is 10.7 Å². The molecule has 0 aliphatic carbocycles. The van der Waals surface area contributed by atoms with Crippen LogP contribution in [0.4, 0.5) is 10.1 Å². The molecule has 1 heterocycles. The lowest BCUT2D eigenvalue weighted by molar-refractivity contribution is -0.384. The molecule has 0 atom stereocenters. The fourth-order valence-corrected chi connectivity index (χ4v) is 4.71. The molecule has 0 spiro atoms. The topological polar surface area (TPSA) is 110 Å². The molecule has 0 radical (unpaired) electrons. The first-order valence-electron chi connectivity index (χ1n) is 9.10. The van der Waals surface area contributed by atoms with Crippen LogP contribution in [0.1, 0.15) is 35.2 Å². The zero-order valence-electron chi connectivity index (χ0n) is 15.5. The van der Waals surface area contributed by atoms with Crippen LogP contribution in [0.5, 0.6) is 0 Å². The Hall–Kier alpha value is -2.85. The summed E-state index contributed by atoms with van der Waals surface area (Å²) in [6, 6.07) is 8.90. The molecule has 1 fully saturated rings. The smallest absolute Gasteiger partial charge is 0.269 e. The second-order valence-electron chi connectivity index (χ2n) is 6.72. The third kappa shape index (κ3) is 4.77. The molecule has 1 aliphatic heterocycles. The highest BCUT2D eigenvalue weighted by molar-refractivity contribution is 7.89. The number of carbonyl (C=O) groups is 1. The summed E-state index contributed by atoms with van der Waals surface area (Å²) in [5, 5.41) is 13.3. The minimum absolute atomic E-state index is 0.0175. The van der Waals surface area contributed by atoms with Crippen LogP contribution in [0.25, 0.3) is 0 Å². The van der Waals surface area contributed by atoms with Crippen LogP contribution in [-0.4, -0.2) is 36.6 Å². The average molecular weight is 421 g/mol. The zero-order valence-corrected chi connectivity index (χ0v) is 16.3. The monoisotopic (exact) mass is 421 g/mol. The lowest BCUT2D eigenvalue weighted by atomic mass is 10.2. The maximum absolute atomic E-state index is 14.2. The molecular weight excluding hydrogens is 401 g/mol. The standard InChI is InChI=1S/C19H20FN3O5S/c20-17-9-6-15(12-18(17)29(27,28)22-10-2-1-3-11-22)19(24)21-13-14-4-7-16(8-5-14)23(25)26/h4-9,12H,1-3,10-11,13H2,(H,21,24). The van der Waals surface area contributed by atoms with Crippen molar-refractivity contribution >= 4 is 21.6 Å². The molecule has 29 heavy (non-hydrogen) atoms. The van der Waals surface area contributed by atoms with Gasteiger partial charge in [-0.3, -0.25) is 14.9 Å². The summed E-state index contributed by atoms with van der Waals surface area (Å²) in [7, 11) is -4.01. The highest BCUT2D eigenvalue weighted by atomic mass is 32.2. The van der Waals surface area contributed by atoms with Crippen molar-refractivity contribution < 1.29 is 22.5 Å². The minimum Gasteiger partial charge on any atom is -0.348 e. The van der Waals surface area contributed by atoms with Crippen LogP contribution >= 0.6 is 0 Å². The van der Waals surface area contributed by atoms with Crippen LogP contribution in [0, 0.1) is 15.9 Å². The summed E-state index contributed by atoms with van der Waals surface area (Å²) in [6.45, 7) is 0.749. The number of nitrogens with zero attached hydrogens (tertiary/aromatic N) is 2. The van der Waals surface area contributed by atoms with E-state index >= 15 is 0 Å². The van der Waals surface area contributed by atoms with E-state index in [1.807, 2.05) is 0 Å². The van der Waals surface area contributed by atoms with Gasteiger partial charge in [0.25, 0.3) is 11.6 Å². The molecule has 0 aromatic heterocycles. The van der Waals surface area contributed by atoms with Crippen molar-refractivity contribution in [3.05, 3.63) is 69.5 Å². The van der Waals surface area contributed by atoms with E-state index in [0.717, 1.165) is 31.4 Å². The van der Waals surface area contributed by atoms with Crippen LogP contribution in [0.3, 0.4) is 0 Å². The molecule has 1 aliphatic rings.